The molecule has 0 spiro atoms. The SMILES string of the molecule is O=C(O)Cc1nc(C2CCCO2)co1. The topological polar surface area (TPSA) is 72.6 Å². The summed E-state index contributed by atoms with van der Waals surface area (Å²) in [6.45, 7) is 0.742. The molecule has 1 fully saturated rings. The van der Waals surface area contributed by atoms with Crippen LogP contribution in [0.5, 0.6) is 0 Å². The number of carbonyl (C=O) groups is 1. The van der Waals surface area contributed by atoms with Gasteiger partial charge >= 0.3 is 5.97 Å². The second-order valence-corrected chi connectivity index (χ2v) is 3.24. The number of oxazole rings is 1. The van der Waals surface area contributed by atoms with Gasteiger partial charge in [0.25, 0.3) is 0 Å². The molecule has 0 amide bonds. The quantitative estimate of drug-likeness (QED) is 0.786. The number of aliphatic carboxylic acids is 1. The fraction of sp³-hybridized carbons (Fsp3) is 0.556. The highest BCUT2D eigenvalue weighted by Crippen LogP contribution is 2.27. The highest BCUT2D eigenvalue weighted by molar-refractivity contribution is 5.68. The van der Waals surface area contributed by atoms with Crippen molar-refractivity contribution in [1.82, 2.24) is 4.98 Å². The van der Waals surface area contributed by atoms with Gasteiger partial charge in [-0.1, -0.05) is 0 Å². The third kappa shape index (κ3) is 1.93. The normalized spacial score (nSPS) is 21.3. The predicted molar refractivity (Wildman–Crippen MR) is 45.8 cm³/mol. The highest BCUT2D eigenvalue weighted by Gasteiger charge is 2.21. The third-order valence-corrected chi connectivity index (χ3v) is 2.13. The van der Waals surface area contributed by atoms with Gasteiger partial charge in [-0.05, 0) is 12.8 Å². The molecular formula is C9H11NO4. The summed E-state index contributed by atoms with van der Waals surface area (Å²) in [5, 5.41) is 8.51. The van der Waals surface area contributed by atoms with Crippen molar-refractivity contribution in [3.63, 3.8) is 0 Å². The molecule has 5 nitrogen and oxygen atoms in total. The highest BCUT2D eigenvalue weighted by atomic mass is 16.5. The Hall–Kier alpha value is -1.36. The summed E-state index contributed by atoms with van der Waals surface area (Å²) in [7, 11) is 0. The maximum absolute atomic E-state index is 10.4. The Bertz CT molecular complexity index is 327. The number of nitrogens with zero attached hydrogens (tertiary/aromatic N) is 1. The van der Waals surface area contributed by atoms with Gasteiger partial charge in [0.2, 0.25) is 5.89 Å². The molecule has 5 heteroatoms. The molecule has 0 aromatic carbocycles. The lowest BCUT2D eigenvalue weighted by molar-refractivity contribution is -0.136. The Balaban J connectivity index is 2.05. The molecule has 0 aliphatic carbocycles. The zero-order valence-electron chi connectivity index (χ0n) is 7.60. The lowest BCUT2D eigenvalue weighted by Gasteiger charge is -2.02. The van der Waals surface area contributed by atoms with Crippen LogP contribution in [0.4, 0.5) is 0 Å². The zero-order chi connectivity index (χ0) is 9.97. The van der Waals surface area contributed by atoms with E-state index in [4.69, 9.17) is 14.3 Å². The van der Waals surface area contributed by atoms with Crippen molar-refractivity contribution in [2.24, 2.45) is 0 Å². The first kappa shape index (κ1) is 9.21. The maximum atomic E-state index is 10.4. The summed E-state index contributed by atoms with van der Waals surface area (Å²) < 4.78 is 10.4. The molecule has 2 rings (SSSR count). The number of carboxylic acid groups (broad SMARTS) is 1. The van der Waals surface area contributed by atoms with E-state index in [-0.39, 0.29) is 18.4 Å². The van der Waals surface area contributed by atoms with E-state index >= 15 is 0 Å². The Labute approximate surface area is 80.7 Å². The van der Waals surface area contributed by atoms with Gasteiger partial charge in [0.15, 0.2) is 0 Å². The van der Waals surface area contributed by atoms with Crippen LogP contribution < -0.4 is 0 Å². The fourth-order valence-electron chi connectivity index (χ4n) is 1.49. The van der Waals surface area contributed by atoms with Crippen molar-refractivity contribution in [3.05, 3.63) is 17.8 Å². The van der Waals surface area contributed by atoms with Crippen LogP contribution in [0.2, 0.25) is 0 Å². The molecule has 2 heterocycles. The van der Waals surface area contributed by atoms with E-state index in [0.29, 0.717) is 5.69 Å². The van der Waals surface area contributed by atoms with Gasteiger partial charge in [-0.15, -0.1) is 0 Å². The van der Waals surface area contributed by atoms with Gasteiger partial charge in [-0.3, -0.25) is 4.79 Å². The lowest BCUT2D eigenvalue weighted by Crippen LogP contribution is -2.01. The van der Waals surface area contributed by atoms with Gasteiger partial charge in [0.05, 0.1) is 0 Å². The van der Waals surface area contributed by atoms with Gasteiger partial charge in [0.1, 0.15) is 24.5 Å². The van der Waals surface area contributed by atoms with E-state index in [0.717, 1.165) is 19.4 Å². The first-order valence-corrected chi connectivity index (χ1v) is 4.53. The molecule has 0 bridgehead atoms. The Kier molecular flexibility index (Phi) is 2.49. The molecule has 0 radical (unpaired) electrons. The van der Waals surface area contributed by atoms with Gasteiger partial charge < -0.3 is 14.3 Å². The lowest BCUT2D eigenvalue weighted by atomic mass is 10.2. The van der Waals surface area contributed by atoms with Crippen LogP contribution in [0.15, 0.2) is 10.7 Å². The number of ether oxygens (including phenoxy) is 1. The first-order chi connectivity index (χ1) is 6.75. The largest absolute Gasteiger partial charge is 0.481 e. The summed E-state index contributed by atoms with van der Waals surface area (Å²) in [5.74, 6) is -0.700. The second kappa shape index (κ2) is 3.79. The van der Waals surface area contributed by atoms with Crippen LogP contribution in [-0.4, -0.2) is 22.7 Å². The van der Waals surface area contributed by atoms with Crippen molar-refractivity contribution in [1.29, 1.82) is 0 Å². The summed E-state index contributed by atoms with van der Waals surface area (Å²) in [6, 6.07) is 0. The molecule has 0 saturated carbocycles. The number of aromatic nitrogens is 1. The van der Waals surface area contributed by atoms with E-state index in [1.54, 1.807) is 0 Å². The summed E-state index contributed by atoms with van der Waals surface area (Å²) in [6.07, 6.45) is 3.24. The van der Waals surface area contributed by atoms with Crippen LogP contribution in [0.1, 0.15) is 30.5 Å². The smallest absolute Gasteiger partial charge is 0.312 e. The van der Waals surface area contributed by atoms with Crippen molar-refractivity contribution >= 4 is 5.97 Å². The van der Waals surface area contributed by atoms with Gasteiger partial charge in [-0.2, -0.15) is 0 Å². The summed E-state index contributed by atoms with van der Waals surface area (Å²) >= 11 is 0. The van der Waals surface area contributed by atoms with E-state index in [1.807, 2.05) is 0 Å². The van der Waals surface area contributed by atoms with Gasteiger partial charge in [0, 0.05) is 6.61 Å². The molecule has 1 saturated heterocycles. The molecule has 1 unspecified atom stereocenters. The minimum Gasteiger partial charge on any atom is -0.481 e. The minimum atomic E-state index is -0.939. The molecule has 1 aromatic rings. The van der Waals surface area contributed by atoms with Crippen LogP contribution >= 0.6 is 0 Å². The Morgan fingerprint density at radius 2 is 2.57 bits per heavy atom. The summed E-state index contributed by atoms with van der Waals surface area (Å²) in [4.78, 5) is 14.4. The monoisotopic (exact) mass is 197 g/mol. The minimum absolute atomic E-state index is 0.0127. The molecule has 1 atom stereocenters. The van der Waals surface area contributed by atoms with Crippen LogP contribution in [0.3, 0.4) is 0 Å². The predicted octanol–water partition coefficient (Wildman–Crippen LogP) is 1.15. The Morgan fingerprint density at radius 1 is 1.71 bits per heavy atom. The number of carboxylic acids is 1. The third-order valence-electron chi connectivity index (χ3n) is 2.13. The molecule has 1 aliphatic heterocycles. The second-order valence-electron chi connectivity index (χ2n) is 3.24. The van der Waals surface area contributed by atoms with E-state index < -0.39 is 5.97 Å². The fourth-order valence-corrected chi connectivity index (χ4v) is 1.49. The average molecular weight is 197 g/mol. The molecule has 1 aromatic heterocycles. The Morgan fingerprint density at radius 3 is 3.21 bits per heavy atom. The standard InChI is InChI=1S/C9H11NO4/c11-9(12)4-8-10-6(5-14-8)7-2-1-3-13-7/h5,7H,1-4H2,(H,11,12). The van der Waals surface area contributed by atoms with Crippen molar-refractivity contribution in [2.75, 3.05) is 6.61 Å². The van der Waals surface area contributed by atoms with Gasteiger partial charge in [-0.25, -0.2) is 4.98 Å². The van der Waals surface area contributed by atoms with Crippen LogP contribution in [0.25, 0.3) is 0 Å². The van der Waals surface area contributed by atoms with Crippen LogP contribution in [0, 0.1) is 0 Å². The molecule has 1 aliphatic rings. The number of hydrogen-bond donors (Lipinski definition) is 1. The maximum Gasteiger partial charge on any atom is 0.312 e. The van der Waals surface area contributed by atoms with Crippen molar-refractivity contribution < 1.29 is 19.1 Å². The van der Waals surface area contributed by atoms with Crippen molar-refractivity contribution in [3.8, 4) is 0 Å². The average Bonchev–Trinajstić information content (AvgIpc) is 2.69. The van der Waals surface area contributed by atoms with Crippen molar-refractivity contribution in [2.45, 2.75) is 25.4 Å². The molecule has 14 heavy (non-hydrogen) atoms. The molecular weight excluding hydrogens is 186 g/mol. The number of rotatable bonds is 3. The van der Waals surface area contributed by atoms with E-state index in [2.05, 4.69) is 4.98 Å². The van der Waals surface area contributed by atoms with E-state index in [1.165, 1.54) is 6.26 Å². The molecule has 1 N–H and O–H groups in total. The zero-order valence-corrected chi connectivity index (χ0v) is 7.60. The van der Waals surface area contributed by atoms with Crippen LogP contribution in [-0.2, 0) is 16.0 Å². The number of hydrogen-bond acceptors (Lipinski definition) is 4. The summed E-state index contributed by atoms with van der Waals surface area (Å²) in [5.41, 5.74) is 0.707. The first-order valence-electron chi connectivity index (χ1n) is 4.53. The molecule has 76 valence electrons. The van der Waals surface area contributed by atoms with E-state index in [9.17, 15) is 4.79 Å².